The minimum Gasteiger partial charge on any atom is -0.339 e. The molecule has 0 bridgehead atoms. The van der Waals surface area contributed by atoms with E-state index in [9.17, 15) is 14.0 Å². The Morgan fingerprint density at radius 3 is 2.44 bits per heavy atom. The Morgan fingerprint density at radius 1 is 1.08 bits per heavy atom. The van der Waals surface area contributed by atoms with Crippen LogP contribution in [-0.4, -0.2) is 55.1 Å². The van der Waals surface area contributed by atoms with Crippen LogP contribution in [0.3, 0.4) is 0 Å². The Morgan fingerprint density at radius 2 is 1.77 bits per heavy atom. The maximum absolute atomic E-state index is 15.0. The first kappa shape index (κ1) is 25.3. The van der Waals surface area contributed by atoms with E-state index in [0.717, 1.165) is 17.4 Å². The molecule has 0 unspecified atom stereocenters. The quantitative estimate of drug-likeness (QED) is 0.383. The summed E-state index contributed by atoms with van der Waals surface area (Å²) in [6.45, 7) is 1.71. The number of aromatic amines is 1. The number of amides is 1. The Balaban J connectivity index is 1.44. The predicted octanol–water partition coefficient (Wildman–Crippen LogP) is 4.78. The van der Waals surface area contributed by atoms with E-state index in [0.29, 0.717) is 35.5 Å². The summed E-state index contributed by atoms with van der Waals surface area (Å²) in [5.74, 6) is -4.22. The van der Waals surface area contributed by atoms with Gasteiger partial charge < -0.3 is 9.88 Å². The van der Waals surface area contributed by atoms with Crippen LogP contribution in [0.15, 0.2) is 47.5 Å². The van der Waals surface area contributed by atoms with Gasteiger partial charge in [0.2, 0.25) is 0 Å². The van der Waals surface area contributed by atoms with Crippen LogP contribution in [0.5, 0.6) is 0 Å². The number of H-pyrrole nitrogens is 1. The van der Waals surface area contributed by atoms with E-state index in [-0.39, 0.29) is 41.5 Å². The number of likely N-dealkylation sites (tertiary alicyclic amines) is 1. The molecule has 202 valence electrons. The zero-order chi connectivity index (χ0) is 27.3. The summed E-state index contributed by atoms with van der Waals surface area (Å²) in [6.07, 6.45) is 5.63. The maximum Gasteiger partial charge on any atom is 0.276 e. The summed E-state index contributed by atoms with van der Waals surface area (Å²) in [5, 5.41) is 4.42. The summed E-state index contributed by atoms with van der Waals surface area (Å²) < 4.78 is 44.2. The smallest absolute Gasteiger partial charge is 0.276 e. The van der Waals surface area contributed by atoms with Crippen molar-refractivity contribution in [2.45, 2.75) is 38.5 Å². The van der Waals surface area contributed by atoms with Gasteiger partial charge in [0.1, 0.15) is 17.0 Å². The lowest BCUT2D eigenvalue weighted by molar-refractivity contribution is -0.0625. The highest BCUT2D eigenvalue weighted by molar-refractivity contribution is 6.06. The molecule has 1 amide bonds. The molecule has 1 aromatic carbocycles. The highest BCUT2D eigenvalue weighted by Gasteiger charge is 2.42. The number of halogens is 3. The molecule has 1 aliphatic carbocycles. The summed E-state index contributed by atoms with van der Waals surface area (Å²) in [4.78, 5) is 40.0. The van der Waals surface area contributed by atoms with Crippen molar-refractivity contribution in [3.8, 4) is 22.6 Å². The van der Waals surface area contributed by atoms with E-state index >= 15 is 8.78 Å². The van der Waals surface area contributed by atoms with Gasteiger partial charge in [-0.25, -0.2) is 8.78 Å². The van der Waals surface area contributed by atoms with Gasteiger partial charge in [-0.2, -0.15) is 9.61 Å². The summed E-state index contributed by atoms with van der Waals surface area (Å²) in [7, 11) is 0. The zero-order valence-corrected chi connectivity index (χ0v) is 21.3. The highest BCUT2D eigenvalue weighted by Crippen LogP contribution is 2.45. The summed E-state index contributed by atoms with van der Waals surface area (Å²) in [6, 6.07) is 7.20. The molecule has 1 N–H and O–H groups in total. The number of carbonyl (C=O) groups is 1. The van der Waals surface area contributed by atoms with E-state index in [1.165, 1.54) is 35.5 Å². The average Bonchev–Trinajstić information content (AvgIpc) is 3.58. The topological polar surface area (TPSA) is 96.2 Å². The van der Waals surface area contributed by atoms with Crippen molar-refractivity contribution in [1.29, 1.82) is 0 Å². The van der Waals surface area contributed by atoms with Crippen LogP contribution in [0.1, 0.15) is 47.3 Å². The number of rotatable bonds is 6. The van der Waals surface area contributed by atoms with Crippen molar-refractivity contribution in [1.82, 2.24) is 29.5 Å². The Labute approximate surface area is 221 Å². The second-order valence-electron chi connectivity index (χ2n) is 10.4. The predicted molar refractivity (Wildman–Crippen MR) is 138 cm³/mol. The number of aryl methyl sites for hydroxylation is 1. The third-order valence-corrected chi connectivity index (χ3v) is 7.85. The normalized spacial score (nSPS) is 16.7. The lowest BCUT2D eigenvalue weighted by Crippen LogP contribution is -2.50. The van der Waals surface area contributed by atoms with Gasteiger partial charge in [0, 0.05) is 48.9 Å². The van der Waals surface area contributed by atoms with Crippen molar-refractivity contribution in [3.05, 3.63) is 69.9 Å². The molecule has 1 aliphatic heterocycles. The lowest BCUT2D eigenvalue weighted by atomic mass is 9.92. The molecule has 8 nitrogen and oxygen atoms in total. The number of carbonyl (C=O) groups excluding carboxylic acids is 1. The number of aromatic nitrogens is 5. The summed E-state index contributed by atoms with van der Waals surface area (Å²) >= 11 is 0. The highest BCUT2D eigenvalue weighted by atomic mass is 19.3. The van der Waals surface area contributed by atoms with Crippen molar-refractivity contribution < 1.29 is 18.0 Å². The van der Waals surface area contributed by atoms with Gasteiger partial charge >= 0.3 is 0 Å². The van der Waals surface area contributed by atoms with Crippen molar-refractivity contribution >= 4 is 11.6 Å². The molecule has 39 heavy (non-hydrogen) atoms. The Bertz CT molecular complexity index is 1600. The van der Waals surface area contributed by atoms with Gasteiger partial charge in [-0.05, 0) is 25.3 Å². The van der Waals surface area contributed by atoms with E-state index < -0.39 is 30.0 Å². The molecular formula is C28H27F3N6O2. The number of alkyl halides is 3. The molecule has 2 fully saturated rings. The maximum atomic E-state index is 15.0. The van der Waals surface area contributed by atoms with Crippen LogP contribution in [-0.2, 0) is 5.92 Å². The molecule has 1 saturated carbocycles. The second-order valence-corrected chi connectivity index (χ2v) is 10.4. The van der Waals surface area contributed by atoms with Gasteiger partial charge in [-0.15, -0.1) is 0 Å². The average molecular weight is 537 g/mol. The lowest BCUT2D eigenvalue weighted by Gasteiger charge is -2.37. The van der Waals surface area contributed by atoms with E-state index in [2.05, 4.69) is 20.1 Å². The minimum absolute atomic E-state index is 0.0533. The molecule has 4 heterocycles. The Hall–Kier alpha value is -4.02. The van der Waals surface area contributed by atoms with E-state index in [1.54, 1.807) is 19.1 Å². The van der Waals surface area contributed by atoms with Crippen LogP contribution in [0.4, 0.5) is 13.2 Å². The van der Waals surface area contributed by atoms with Crippen LogP contribution in [0.25, 0.3) is 28.3 Å². The van der Waals surface area contributed by atoms with Gasteiger partial charge in [0.05, 0.1) is 18.1 Å². The number of hydrogen-bond acceptors (Lipinski definition) is 5. The third kappa shape index (κ3) is 4.29. The summed E-state index contributed by atoms with van der Waals surface area (Å²) in [5.41, 5.74) is 1.63. The van der Waals surface area contributed by atoms with E-state index in [4.69, 9.17) is 0 Å². The molecule has 0 spiro atoms. The number of benzene rings is 1. The molecule has 1 saturated heterocycles. The van der Waals surface area contributed by atoms with Crippen LogP contribution < -0.4 is 5.56 Å². The van der Waals surface area contributed by atoms with Crippen molar-refractivity contribution in [3.63, 3.8) is 0 Å². The minimum atomic E-state index is -2.92. The standard InChI is InChI=1S/C28H27F3N6O2/c1-16-24(33-11-10-32-16)25-23(27(39)36-14-17(13-29)15-36)26-34-21(12-22(38)37(26)35-25)18-6-8-20(9-7-18)28(30,31)19-4-2-3-5-19/h6-12,17,19,34H,2-5,13-15H2,1H3. The first-order valence-corrected chi connectivity index (χ1v) is 13.1. The van der Waals surface area contributed by atoms with E-state index in [1.807, 2.05) is 0 Å². The third-order valence-electron chi connectivity index (χ3n) is 7.85. The van der Waals surface area contributed by atoms with Gasteiger partial charge in [-0.3, -0.25) is 23.9 Å². The molecule has 0 atom stereocenters. The fourth-order valence-corrected chi connectivity index (χ4v) is 5.59. The Kier molecular flexibility index (Phi) is 6.23. The molecular weight excluding hydrogens is 509 g/mol. The molecule has 0 radical (unpaired) electrons. The monoisotopic (exact) mass is 536 g/mol. The SMILES string of the molecule is Cc1nccnc1-c1nn2c(=O)cc(-c3ccc(C(F)(F)C4CCCC4)cc3)[nH]c2c1C(=O)N1CC(CF)C1. The van der Waals surface area contributed by atoms with Gasteiger partial charge in [0.25, 0.3) is 17.4 Å². The van der Waals surface area contributed by atoms with Crippen LogP contribution in [0, 0.1) is 18.8 Å². The first-order valence-electron chi connectivity index (χ1n) is 13.1. The van der Waals surface area contributed by atoms with Crippen LogP contribution in [0.2, 0.25) is 0 Å². The first-order chi connectivity index (χ1) is 18.8. The number of nitrogens with one attached hydrogen (secondary N) is 1. The fourth-order valence-electron chi connectivity index (χ4n) is 5.59. The fraction of sp³-hybridized carbons (Fsp3) is 0.393. The van der Waals surface area contributed by atoms with Gasteiger partial charge in [0.15, 0.2) is 5.65 Å². The molecule has 11 heteroatoms. The number of nitrogens with zero attached hydrogens (tertiary/aromatic N) is 5. The molecule has 4 aromatic rings. The molecule has 3 aromatic heterocycles. The van der Waals surface area contributed by atoms with Crippen LogP contribution >= 0.6 is 0 Å². The van der Waals surface area contributed by atoms with Crippen molar-refractivity contribution in [2.24, 2.45) is 11.8 Å². The second kappa shape index (κ2) is 9.62. The molecule has 6 rings (SSSR count). The molecule has 2 aliphatic rings. The number of hydrogen-bond donors (Lipinski definition) is 1. The largest absolute Gasteiger partial charge is 0.339 e. The van der Waals surface area contributed by atoms with Crippen molar-refractivity contribution in [2.75, 3.05) is 19.8 Å². The zero-order valence-electron chi connectivity index (χ0n) is 21.3. The van der Waals surface area contributed by atoms with Gasteiger partial charge in [-0.1, -0.05) is 37.1 Å². The number of fused-ring (bicyclic) bond motifs is 1.